The van der Waals surface area contributed by atoms with E-state index in [1.165, 1.54) is 11.3 Å². The fraction of sp³-hybridized carbons (Fsp3) is 0.100. The van der Waals surface area contributed by atoms with Crippen molar-refractivity contribution >= 4 is 22.4 Å². The van der Waals surface area contributed by atoms with Crippen molar-refractivity contribution in [2.75, 3.05) is 12.4 Å². The number of ether oxygens (including phenoxy) is 1. The molecule has 4 aromatic rings. The number of nitrogens with one attached hydrogen (secondary N) is 1. The van der Waals surface area contributed by atoms with Crippen LogP contribution in [0.15, 0.2) is 67.0 Å². The normalized spacial score (nSPS) is 10.6. The van der Waals surface area contributed by atoms with Gasteiger partial charge < -0.3 is 4.74 Å². The van der Waals surface area contributed by atoms with Gasteiger partial charge in [0.25, 0.3) is 5.91 Å². The van der Waals surface area contributed by atoms with Crippen LogP contribution in [0.25, 0.3) is 5.69 Å². The van der Waals surface area contributed by atoms with E-state index < -0.39 is 0 Å². The lowest BCUT2D eigenvalue weighted by Gasteiger charge is -2.02. The highest BCUT2D eigenvalue weighted by molar-refractivity contribution is 7.15. The zero-order chi connectivity index (χ0) is 19.3. The molecule has 1 amide bonds. The molecule has 0 spiro atoms. The third kappa shape index (κ3) is 4.07. The Morgan fingerprint density at radius 3 is 2.86 bits per heavy atom. The average molecular weight is 391 g/mol. The summed E-state index contributed by atoms with van der Waals surface area (Å²) in [4.78, 5) is 17.8. The van der Waals surface area contributed by atoms with Crippen LogP contribution in [-0.2, 0) is 6.42 Å². The van der Waals surface area contributed by atoms with Crippen LogP contribution in [-0.4, -0.2) is 33.0 Å². The van der Waals surface area contributed by atoms with E-state index in [0.29, 0.717) is 5.13 Å². The summed E-state index contributed by atoms with van der Waals surface area (Å²) >= 11 is 1.43. The number of methoxy groups -OCH3 is 1. The number of carbonyl (C=O) groups excluding carboxylic acids is 1. The molecule has 7 nitrogen and oxygen atoms in total. The lowest BCUT2D eigenvalue weighted by atomic mass is 10.1. The first kappa shape index (κ1) is 17.9. The van der Waals surface area contributed by atoms with Gasteiger partial charge in [0.1, 0.15) is 5.75 Å². The molecule has 0 atom stereocenters. The van der Waals surface area contributed by atoms with Gasteiger partial charge in [-0.2, -0.15) is 0 Å². The fourth-order valence-electron chi connectivity index (χ4n) is 2.67. The van der Waals surface area contributed by atoms with Crippen molar-refractivity contribution < 1.29 is 9.53 Å². The van der Waals surface area contributed by atoms with Crippen LogP contribution in [0.5, 0.6) is 5.75 Å². The Kier molecular flexibility index (Phi) is 5.11. The summed E-state index contributed by atoms with van der Waals surface area (Å²) in [7, 11) is 1.65. The second kappa shape index (κ2) is 8.01. The van der Waals surface area contributed by atoms with Gasteiger partial charge in [-0.1, -0.05) is 35.5 Å². The highest BCUT2D eigenvalue weighted by Crippen LogP contribution is 2.23. The van der Waals surface area contributed by atoms with Crippen molar-refractivity contribution in [3.05, 3.63) is 83.1 Å². The third-order valence-electron chi connectivity index (χ3n) is 4.03. The number of hydrogen-bond donors (Lipinski definition) is 1. The van der Waals surface area contributed by atoms with Gasteiger partial charge in [0.2, 0.25) is 0 Å². The fourth-order valence-corrected chi connectivity index (χ4v) is 3.51. The number of rotatable bonds is 6. The number of nitrogens with zero attached hydrogens (tertiary/aromatic N) is 4. The average Bonchev–Trinajstić information content (AvgIpc) is 3.39. The van der Waals surface area contributed by atoms with Crippen molar-refractivity contribution in [2.24, 2.45) is 0 Å². The lowest BCUT2D eigenvalue weighted by molar-refractivity contribution is 0.102. The number of benzene rings is 2. The van der Waals surface area contributed by atoms with Crippen molar-refractivity contribution in [2.45, 2.75) is 6.42 Å². The minimum absolute atomic E-state index is 0.230. The zero-order valence-electron chi connectivity index (χ0n) is 15.1. The summed E-state index contributed by atoms with van der Waals surface area (Å²) in [5.74, 6) is 0.474. The molecule has 8 heteroatoms. The van der Waals surface area contributed by atoms with Crippen LogP contribution in [0.3, 0.4) is 0 Å². The predicted molar refractivity (Wildman–Crippen MR) is 107 cm³/mol. The smallest absolute Gasteiger partial charge is 0.279 e. The Morgan fingerprint density at radius 1 is 1.18 bits per heavy atom. The van der Waals surface area contributed by atoms with Crippen molar-refractivity contribution in [3.63, 3.8) is 0 Å². The van der Waals surface area contributed by atoms with E-state index >= 15 is 0 Å². The number of anilines is 1. The van der Waals surface area contributed by atoms with E-state index in [-0.39, 0.29) is 11.6 Å². The van der Waals surface area contributed by atoms with Crippen LogP contribution in [0.2, 0.25) is 0 Å². The molecule has 2 aromatic carbocycles. The number of amides is 1. The highest BCUT2D eigenvalue weighted by atomic mass is 32.1. The van der Waals surface area contributed by atoms with Crippen LogP contribution >= 0.6 is 11.3 Å². The Labute approximate surface area is 165 Å². The van der Waals surface area contributed by atoms with Gasteiger partial charge in [-0.05, 0) is 29.8 Å². The van der Waals surface area contributed by atoms with E-state index in [1.807, 2.05) is 54.6 Å². The van der Waals surface area contributed by atoms with Gasteiger partial charge in [-0.25, -0.2) is 9.67 Å². The monoisotopic (exact) mass is 391 g/mol. The van der Waals surface area contributed by atoms with E-state index in [4.69, 9.17) is 4.74 Å². The maximum absolute atomic E-state index is 12.4. The van der Waals surface area contributed by atoms with Crippen LogP contribution in [0.1, 0.15) is 20.9 Å². The molecule has 0 saturated carbocycles. The van der Waals surface area contributed by atoms with E-state index in [9.17, 15) is 4.79 Å². The van der Waals surface area contributed by atoms with Crippen molar-refractivity contribution in [3.8, 4) is 11.4 Å². The number of para-hydroxylation sites is 1. The molecule has 0 aliphatic carbocycles. The van der Waals surface area contributed by atoms with Gasteiger partial charge in [-0.3, -0.25) is 10.1 Å². The standard InChI is InChI=1S/C20H17N5O2S/c1-27-16-9-5-6-14(10-16)11-17-12-21-20(28-17)22-19(26)18-13-25(24-23-18)15-7-3-2-4-8-15/h2-10,12-13H,11H2,1H3,(H,21,22,26). The summed E-state index contributed by atoms with van der Waals surface area (Å²) in [6, 6.07) is 17.4. The maximum atomic E-state index is 12.4. The Morgan fingerprint density at radius 2 is 2.04 bits per heavy atom. The summed E-state index contributed by atoms with van der Waals surface area (Å²) in [5.41, 5.74) is 2.18. The SMILES string of the molecule is COc1cccc(Cc2cnc(NC(=O)c3cn(-c4ccccc4)nn3)s2)c1. The number of aromatic nitrogens is 4. The number of carbonyl (C=O) groups is 1. The van der Waals surface area contributed by atoms with E-state index in [0.717, 1.165) is 28.3 Å². The van der Waals surface area contributed by atoms with Gasteiger partial charge in [0.05, 0.1) is 19.0 Å². The number of thiazole rings is 1. The van der Waals surface area contributed by atoms with Crippen LogP contribution < -0.4 is 10.1 Å². The minimum atomic E-state index is -0.343. The van der Waals surface area contributed by atoms with Crippen LogP contribution in [0.4, 0.5) is 5.13 Å². The maximum Gasteiger partial charge on any atom is 0.279 e. The van der Waals surface area contributed by atoms with Gasteiger partial charge in [0.15, 0.2) is 10.8 Å². The minimum Gasteiger partial charge on any atom is -0.497 e. The lowest BCUT2D eigenvalue weighted by Crippen LogP contribution is -2.12. The quantitative estimate of drug-likeness (QED) is 0.543. The first-order valence-electron chi connectivity index (χ1n) is 8.58. The molecule has 0 radical (unpaired) electrons. The molecule has 28 heavy (non-hydrogen) atoms. The number of hydrogen-bond acceptors (Lipinski definition) is 6. The summed E-state index contributed by atoms with van der Waals surface area (Å²) in [5, 5.41) is 11.3. The summed E-state index contributed by atoms with van der Waals surface area (Å²) < 4.78 is 6.81. The molecule has 2 heterocycles. The molecule has 0 fully saturated rings. The highest BCUT2D eigenvalue weighted by Gasteiger charge is 2.14. The van der Waals surface area contributed by atoms with Crippen molar-refractivity contribution in [1.29, 1.82) is 0 Å². The Balaban J connectivity index is 1.42. The third-order valence-corrected chi connectivity index (χ3v) is 4.95. The predicted octanol–water partition coefficient (Wildman–Crippen LogP) is 3.58. The van der Waals surface area contributed by atoms with Crippen LogP contribution in [0, 0.1) is 0 Å². The van der Waals surface area contributed by atoms with E-state index in [1.54, 1.807) is 24.2 Å². The Bertz CT molecular complexity index is 1090. The molecule has 4 rings (SSSR count). The van der Waals surface area contributed by atoms with Gasteiger partial charge in [0, 0.05) is 17.5 Å². The first-order valence-corrected chi connectivity index (χ1v) is 9.39. The molecular formula is C20H17N5O2S. The summed E-state index contributed by atoms with van der Waals surface area (Å²) in [6.45, 7) is 0. The molecule has 0 unspecified atom stereocenters. The molecule has 2 aromatic heterocycles. The van der Waals surface area contributed by atoms with Gasteiger partial charge >= 0.3 is 0 Å². The first-order chi connectivity index (χ1) is 13.7. The second-order valence-corrected chi connectivity index (χ2v) is 7.11. The largest absolute Gasteiger partial charge is 0.497 e. The zero-order valence-corrected chi connectivity index (χ0v) is 15.9. The molecule has 0 aliphatic rings. The Hall–Kier alpha value is -3.52. The second-order valence-electron chi connectivity index (χ2n) is 6.00. The topological polar surface area (TPSA) is 81.9 Å². The summed E-state index contributed by atoms with van der Waals surface area (Å²) in [6.07, 6.45) is 4.07. The molecule has 0 bridgehead atoms. The molecule has 140 valence electrons. The molecule has 0 aliphatic heterocycles. The van der Waals surface area contributed by atoms with E-state index in [2.05, 4.69) is 20.6 Å². The van der Waals surface area contributed by atoms with Crippen molar-refractivity contribution in [1.82, 2.24) is 20.0 Å². The molecule has 1 N–H and O–H groups in total. The molecular weight excluding hydrogens is 374 g/mol. The molecule has 0 saturated heterocycles. The van der Waals surface area contributed by atoms with Gasteiger partial charge in [-0.15, -0.1) is 16.4 Å².